The molecule has 0 aromatic rings. The third kappa shape index (κ3) is 4.61. The Labute approximate surface area is 106 Å². The molecule has 1 aliphatic heterocycles. The predicted molar refractivity (Wildman–Crippen MR) is 64.5 cm³/mol. The lowest BCUT2D eigenvalue weighted by atomic mass is 10.1. The highest BCUT2D eigenvalue weighted by Crippen LogP contribution is 2.11. The van der Waals surface area contributed by atoms with Crippen molar-refractivity contribution < 1.29 is 22.7 Å². The first kappa shape index (κ1) is 14.9. The van der Waals surface area contributed by atoms with Gasteiger partial charge in [-0.05, 0) is 27.2 Å². The van der Waals surface area contributed by atoms with Crippen LogP contribution >= 0.6 is 0 Å². The zero-order valence-electron chi connectivity index (χ0n) is 10.6. The molecule has 1 saturated heterocycles. The van der Waals surface area contributed by atoms with Crippen LogP contribution < -0.4 is 10.0 Å². The molecule has 2 atom stereocenters. The molecule has 1 heterocycles. The lowest BCUT2D eigenvalue weighted by Gasteiger charge is -2.30. The maximum Gasteiger partial charge on any atom is 0.407 e. The van der Waals surface area contributed by atoms with Gasteiger partial charge in [-0.15, -0.1) is 0 Å². The van der Waals surface area contributed by atoms with E-state index in [-0.39, 0.29) is 12.2 Å². The molecule has 1 aliphatic rings. The van der Waals surface area contributed by atoms with Gasteiger partial charge in [-0.3, -0.25) is 0 Å². The van der Waals surface area contributed by atoms with Crippen molar-refractivity contribution in [2.45, 2.75) is 44.9 Å². The van der Waals surface area contributed by atoms with Gasteiger partial charge in [-0.1, -0.05) is 0 Å². The van der Waals surface area contributed by atoms with Crippen LogP contribution in [0.25, 0.3) is 0 Å². The molecule has 7 nitrogen and oxygen atoms in total. The molecule has 1 fully saturated rings. The first-order valence-corrected chi connectivity index (χ1v) is 7.23. The SMILES string of the molecule is CC(C)(C)OC(=O)NC1CCS(=O)(=O)NC1C=O. The number of carbonyl (C=O) groups excluding carboxylic acids is 2. The molecule has 8 heteroatoms. The zero-order chi connectivity index (χ0) is 14.0. The molecule has 0 aliphatic carbocycles. The minimum absolute atomic E-state index is 0.127. The van der Waals surface area contributed by atoms with Crippen molar-refractivity contribution in [3.63, 3.8) is 0 Å². The molecule has 1 rings (SSSR count). The maximum absolute atomic E-state index is 11.5. The van der Waals surface area contributed by atoms with Crippen molar-refractivity contribution in [1.82, 2.24) is 10.0 Å². The Morgan fingerprint density at radius 1 is 1.44 bits per heavy atom. The Hall–Kier alpha value is -1.15. The average Bonchev–Trinajstić information content (AvgIpc) is 2.17. The van der Waals surface area contributed by atoms with Crippen LogP contribution in [0.15, 0.2) is 0 Å². The van der Waals surface area contributed by atoms with E-state index < -0.39 is 33.8 Å². The van der Waals surface area contributed by atoms with E-state index in [2.05, 4.69) is 10.0 Å². The topological polar surface area (TPSA) is 102 Å². The molecule has 0 bridgehead atoms. The quantitative estimate of drug-likeness (QED) is 0.679. The fraction of sp³-hybridized carbons (Fsp3) is 0.800. The van der Waals surface area contributed by atoms with Crippen LogP contribution in [0.4, 0.5) is 4.79 Å². The minimum Gasteiger partial charge on any atom is -0.444 e. The number of hydrogen-bond acceptors (Lipinski definition) is 5. The third-order valence-corrected chi connectivity index (χ3v) is 3.70. The predicted octanol–water partition coefficient (Wildman–Crippen LogP) is -0.230. The van der Waals surface area contributed by atoms with Crippen molar-refractivity contribution in [3.05, 3.63) is 0 Å². The van der Waals surface area contributed by atoms with Crippen LogP contribution in [0.1, 0.15) is 27.2 Å². The Kier molecular flexibility index (Phi) is 4.33. The summed E-state index contributed by atoms with van der Waals surface area (Å²) in [6.07, 6.45) is -0.0167. The zero-order valence-corrected chi connectivity index (χ0v) is 11.4. The summed E-state index contributed by atoms with van der Waals surface area (Å²) in [5, 5.41) is 2.49. The Bertz CT molecular complexity index is 426. The highest BCUT2D eigenvalue weighted by Gasteiger charge is 2.34. The van der Waals surface area contributed by atoms with E-state index in [0.29, 0.717) is 6.29 Å². The molecule has 0 aromatic carbocycles. The van der Waals surface area contributed by atoms with E-state index in [4.69, 9.17) is 4.74 Å². The molecule has 1 amide bonds. The first-order chi connectivity index (χ1) is 8.13. The van der Waals surface area contributed by atoms with Crippen LogP contribution in [0.3, 0.4) is 0 Å². The van der Waals surface area contributed by atoms with Gasteiger partial charge in [-0.25, -0.2) is 17.9 Å². The number of nitrogens with one attached hydrogen (secondary N) is 2. The van der Waals surface area contributed by atoms with Gasteiger partial charge >= 0.3 is 6.09 Å². The van der Waals surface area contributed by atoms with Crippen molar-refractivity contribution in [2.24, 2.45) is 0 Å². The normalized spacial score (nSPS) is 27.3. The molecular weight excluding hydrogens is 260 g/mol. The van der Waals surface area contributed by atoms with Crippen LogP contribution in [-0.2, 0) is 19.6 Å². The van der Waals surface area contributed by atoms with Gasteiger partial charge in [0.15, 0.2) is 0 Å². The molecule has 0 radical (unpaired) electrons. The molecule has 0 spiro atoms. The van der Waals surface area contributed by atoms with Crippen LogP contribution in [0, 0.1) is 0 Å². The number of alkyl carbamates (subject to hydrolysis) is 1. The van der Waals surface area contributed by atoms with Gasteiger partial charge in [0.05, 0.1) is 17.8 Å². The molecule has 18 heavy (non-hydrogen) atoms. The summed E-state index contributed by atoms with van der Waals surface area (Å²) in [5.74, 6) is -0.127. The van der Waals surface area contributed by atoms with Gasteiger partial charge in [0, 0.05) is 0 Å². The Morgan fingerprint density at radius 3 is 2.56 bits per heavy atom. The van der Waals surface area contributed by atoms with E-state index in [1.165, 1.54) is 0 Å². The van der Waals surface area contributed by atoms with Gasteiger partial charge in [0.25, 0.3) is 0 Å². The number of ether oxygens (including phenoxy) is 1. The second kappa shape index (κ2) is 5.23. The van der Waals surface area contributed by atoms with Gasteiger partial charge < -0.3 is 14.8 Å². The highest BCUT2D eigenvalue weighted by atomic mass is 32.2. The number of aldehydes is 1. The van der Waals surface area contributed by atoms with Crippen molar-refractivity contribution in [3.8, 4) is 0 Å². The molecule has 104 valence electrons. The molecule has 0 saturated carbocycles. The minimum atomic E-state index is -3.42. The summed E-state index contributed by atoms with van der Waals surface area (Å²) in [6.45, 7) is 5.15. The summed E-state index contributed by atoms with van der Waals surface area (Å²) >= 11 is 0. The monoisotopic (exact) mass is 278 g/mol. The number of carbonyl (C=O) groups is 2. The standard InChI is InChI=1S/C10H18N2O5S/c1-10(2,3)17-9(14)11-7-4-5-18(15,16)12-8(7)6-13/h6-8,12H,4-5H2,1-3H3,(H,11,14). The maximum atomic E-state index is 11.5. The summed E-state index contributed by atoms with van der Waals surface area (Å²) in [6, 6.07) is -1.53. The average molecular weight is 278 g/mol. The van der Waals surface area contributed by atoms with Gasteiger partial charge in [-0.2, -0.15) is 0 Å². The molecular formula is C10H18N2O5S. The first-order valence-electron chi connectivity index (χ1n) is 5.58. The molecule has 2 unspecified atom stereocenters. The van der Waals surface area contributed by atoms with Crippen LogP contribution in [0.2, 0.25) is 0 Å². The molecule has 0 aromatic heterocycles. The summed E-state index contributed by atoms with van der Waals surface area (Å²) in [4.78, 5) is 22.3. The number of amides is 1. The largest absolute Gasteiger partial charge is 0.444 e. The van der Waals surface area contributed by atoms with Gasteiger partial charge in [0.1, 0.15) is 11.9 Å². The van der Waals surface area contributed by atoms with E-state index in [1.54, 1.807) is 20.8 Å². The highest BCUT2D eigenvalue weighted by molar-refractivity contribution is 7.89. The molecule has 2 N–H and O–H groups in total. The lowest BCUT2D eigenvalue weighted by molar-refractivity contribution is -0.109. The summed E-state index contributed by atoms with van der Waals surface area (Å²) in [7, 11) is -3.42. The van der Waals surface area contributed by atoms with E-state index in [9.17, 15) is 18.0 Å². The number of rotatable bonds is 2. The Morgan fingerprint density at radius 2 is 2.06 bits per heavy atom. The smallest absolute Gasteiger partial charge is 0.407 e. The summed E-state index contributed by atoms with van der Waals surface area (Å²) < 4.78 is 29.8. The number of sulfonamides is 1. The van der Waals surface area contributed by atoms with Crippen molar-refractivity contribution >= 4 is 22.4 Å². The van der Waals surface area contributed by atoms with Gasteiger partial charge in [0.2, 0.25) is 10.0 Å². The Balaban J connectivity index is 2.62. The lowest BCUT2D eigenvalue weighted by Crippen LogP contribution is -2.57. The third-order valence-electron chi connectivity index (χ3n) is 2.30. The van der Waals surface area contributed by atoms with Crippen LogP contribution in [0.5, 0.6) is 0 Å². The second-order valence-electron chi connectivity index (χ2n) is 5.14. The fourth-order valence-corrected chi connectivity index (χ4v) is 2.87. The van der Waals surface area contributed by atoms with E-state index in [0.717, 1.165) is 0 Å². The fourth-order valence-electron chi connectivity index (χ4n) is 1.55. The van der Waals surface area contributed by atoms with E-state index >= 15 is 0 Å². The number of hydrogen-bond donors (Lipinski definition) is 2. The summed E-state index contributed by atoms with van der Waals surface area (Å²) in [5.41, 5.74) is -0.644. The van der Waals surface area contributed by atoms with E-state index in [1.807, 2.05) is 0 Å². The van der Waals surface area contributed by atoms with Crippen molar-refractivity contribution in [1.29, 1.82) is 0 Å². The van der Waals surface area contributed by atoms with Crippen LogP contribution in [-0.4, -0.2) is 44.2 Å². The second-order valence-corrected chi connectivity index (χ2v) is 7.01. The van der Waals surface area contributed by atoms with Crippen molar-refractivity contribution in [2.75, 3.05) is 5.75 Å².